The standard InChI is InChI=1S/C15H25NO/c1-11-9-13(15(2,3)4)14(17)10-12(11)7-5-6-8-16/h9-10,17H,5-8,16H2,1-4H3. The number of aromatic hydroxyl groups is 1. The van der Waals surface area contributed by atoms with E-state index in [1.165, 1.54) is 11.1 Å². The lowest BCUT2D eigenvalue weighted by atomic mass is 9.84. The van der Waals surface area contributed by atoms with Gasteiger partial charge in [-0.3, -0.25) is 0 Å². The average molecular weight is 235 g/mol. The summed E-state index contributed by atoms with van der Waals surface area (Å²) < 4.78 is 0. The number of hydrogen-bond acceptors (Lipinski definition) is 2. The maximum atomic E-state index is 10.1. The molecule has 1 aromatic carbocycles. The van der Waals surface area contributed by atoms with Gasteiger partial charge >= 0.3 is 0 Å². The van der Waals surface area contributed by atoms with E-state index < -0.39 is 0 Å². The third kappa shape index (κ3) is 3.74. The minimum absolute atomic E-state index is 0.00929. The van der Waals surface area contributed by atoms with Crippen LogP contribution in [0.2, 0.25) is 0 Å². The van der Waals surface area contributed by atoms with Gasteiger partial charge in [-0.05, 0) is 60.9 Å². The van der Waals surface area contributed by atoms with Crippen molar-refractivity contribution < 1.29 is 5.11 Å². The number of unbranched alkanes of at least 4 members (excludes halogenated alkanes) is 1. The fourth-order valence-electron chi connectivity index (χ4n) is 2.07. The number of nitrogens with two attached hydrogens (primary N) is 1. The first-order chi connectivity index (χ1) is 7.86. The third-order valence-corrected chi connectivity index (χ3v) is 3.16. The van der Waals surface area contributed by atoms with Gasteiger partial charge in [0.15, 0.2) is 0 Å². The molecule has 0 aliphatic rings. The molecular weight excluding hydrogens is 210 g/mol. The Morgan fingerprint density at radius 2 is 1.82 bits per heavy atom. The smallest absolute Gasteiger partial charge is 0.119 e. The van der Waals surface area contributed by atoms with Crippen LogP contribution in [0.5, 0.6) is 5.75 Å². The van der Waals surface area contributed by atoms with Gasteiger partial charge in [0.25, 0.3) is 0 Å². The first kappa shape index (κ1) is 14.0. The van der Waals surface area contributed by atoms with Crippen molar-refractivity contribution in [3.05, 3.63) is 28.8 Å². The molecule has 0 amide bonds. The Balaban J connectivity index is 2.94. The molecule has 96 valence electrons. The Hall–Kier alpha value is -1.02. The molecule has 0 radical (unpaired) electrons. The molecular formula is C15H25NO. The monoisotopic (exact) mass is 235 g/mol. The lowest BCUT2D eigenvalue weighted by molar-refractivity contribution is 0.445. The van der Waals surface area contributed by atoms with Gasteiger partial charge in [-0.1, -0.05) is 26.8 Å². The minimum atomic E-state index is -0.00929. The zero-order valence-electron chi connectivity index (χ0n) is 11.5. The topological polar surface area (TPSA) is 46.2 Å². The van der Waals surface area contributed by atoms with Crippen molar-refractivity contribution in [3.8, 4) is 5.75 Å². The summed E-state index contributed by atoms with van der Waals surface area (Å²) in [6.07, 6.45) is 3.13. The zero-order chi connectivity index (χ0) is 13.1. The number of benzene rings is 1. The van der Waals surface area contributed by atoms with Crippen molar-refractivity contribution in [2.45, 2.75) is 52.4 Å². The van der Waals surface area contributed by atoms with E-state index in [1.807, 2.05) is 6.07 Å². The van der Waals surface area contributed by atoms with Gasteiger partial charge in [0, 0.05) is 0 Å². The summed E-state index contributed by atoms with van der Waals surface area (Å²) >= 11 is 0. The van der Waals surface area contributed by atoms with E-state index in [2.05, 4.69) is 33.8 Å². The largest absolute Gasteiger partial charge is 0.508 e. The Bertz CT molecular complexity index is 377. The molecule has 0 fully saturated rings. The fourth-order valence-corrected chi connectivity index (χ4v) is 2.07. The first-order valence-corrected chi connectivity index (χ1v) is 6.39. The summed E-state index contributed by atoms with van der Waals surface area (Å²) in [4.78, 5) is 0. The molecule has 3 N–H and O–H groups in total. The van der Waals surface area contributed by atoms with Gasteiger partial charge in [-0.2, -0.15) is 0 Å². The van der Waals surface area contributed by atoms with Crippen molar-refractivity contribution in [3.63, 3.8) is 0 Å². The van der Waals surface area contributed by atoms with E-state index in [-0.39, 0.29) is 5.41 Å². The SMILES string of the molecule is Cc1cc(C(C)(C)C)c(O)cc1CCCCN. The predicted octanol–water partition coefficient (Wildman–Crippen LogP) is 3.28. The molecule has 0 spiro atoms. The van der Waals surface area contributed by atoms with Crippen LogP contribution in [-0.2, 0) is 11.8 Å². The summed E-state index contributed by atoms with van der Waals surface area (Å²) in [6.45, 7) is 9.22. The van der Waals surface area contributed by atoms with E-state index in [1.54, 1.807) is 0 Å². The minimum Gasteiger partial charge on any atom is -0.508 e. The van der Waals surface area contributed by atoms with Gasteiger partial charge in [-0.15, -0.1) is 0 Å². The van der Waals surface area contributed by atoms with Crippen molar-refractivity contribution >= 4 is 0 Å². The molecule has 2 heteroatoms. The Kier molecular flexibility index (Phi) is 4.58. The Morgan fingerprint density at radius 3 is 2.35 bits per heavy atom. The van der Waals surface area contributed by atoms with E-state index in [4.69, 9.17) is 5.73 Å². The summed E-state index contributed by atoms with van der Waals surface area (Å²) in [5.74, 6) is 0.422. The number of phenolic OH excluding ortho intramolecular Hbond substituents is 1. The molecule has 1 aromatic rings. The van der Waals surface area contributed by atoms with Crippen LogP contribution in [0.15, 0.2) is 12.1 Å². The van der Waals surface area contributed by atoms with Crippen LogP contribution in [0.1, 0.15) is 50.3 Å². The maximum Gasteiger partial charge on any atom is 0.119 e. The van der Waals surface area contributed by atoms with Crippen LogP contribution >= 0.6 is 0 Å². The lowest BCUT2D eigenvalue weighted by Crippen LogP contribution is -2.12. The van der Waals surface area contributed by atoms with Gasteiger partial charge in [0.2, 0.25) is 0 Å². The van der Waals surface area contributed by atoms with Crippen LogP contribution < -0.4 is 5.73 Å². The van der Waals surface area contributed by atoms with Crippen molar-refractivity contribution in [1.82, 2.24) is 0 Å². The molecule has 0 bridgehead atoms. The molecule has 0 heterocycles. The van der Waals surface area contributed by atoms with Gasteiger partial charge in [0.05, 0.1) is 0 Å². The Labute approximate surface area is 105 Å². The highest BCUT2D eigenvalue weighted by Crippen LogP contribution is 2.33. The van der Waals surface area contributed by atoms with Gasteiger partial charge in [0.1, 0.15) is 5.75 Å². The molecule has 0 unspecified atom stereocenters. The number of rotatable bonds is 4. The lowest BCUT2D eigenvalue weighted by Gasteiger charge is -2.22. The molecule has 0 saturated carbocycles. The summed E-state index contributed by atoms with van der Waals surface area (Å²) in [7, 11) is 0. The molecule has 0 aliphatic carbocycles. The molecule has 17 heavy (non-hydrogen) atoms. The summed E-state index contributed by atoms with van der Waals surface area (Å²) in [6, 6.07) is 4.04. The molecule has 0 saturated heterocycles. The van der Waals surface area contributed by atoms with E-state index in [0.717, 1.165) is 31.4 Å². The Morgan fingerprint density at radius 1 is 1.18 bits per heavy atom. The average Bonchev–Trinajstić information content (AvgIpc) is 2.21. The highest BCUT2D eigenvalue weighted by atomic mass is 16.3. The van der Waals surface area contributed by atoms with E-state index in [0.29, 0.717) is 5.75 Å². The third-order valence-electron chi connectivity index (χ3n) is 3.16. The van der Waals surface area contributed by atoms with Crippen LogP contribution in [0.3, 0.4) is 0 Å². The molecule has 0 aromatic heterocycles. The summed E-state index contributed by atoms with van der Waals surface area (Å²) in [5, 5.41) is 10.1. The van der Waals surface area contributed by atoms with E-state index >= 15 is 0 Å². The van der Waals surface area contributed by atoms with Crippen molar-refractivity contribution in [2.24, 2.45) is 5.73 Å². The molecule has 0 aliphatic heterocycles. The number of hydrogen-bond donors (Lipinski definition) is 2. The van der Waals surface area contributed by atoms with Gasteiger partial charge < -0.3 is 10.8 Å². The second-order valence-corrected chi connectivity index (χ2v) is 5.79. The second-order valence-electron chi connectivity index (χ2n) is 5.79. The van der Waals surface area contributed by atoms with Crippen LogP contribution in [-0.4, -0.2) is 11.7 Å². The fraction of sp³-hybridized carbons (Fsp3) is 0.600. The molecule has 2 nitrogen and oxygen atoms in total. The highest BCUT2D eigenvalue weighted by molar-refractivity contribution is 5.44. The predicted molar refractivity (Wildman–Crippen MR) is 73.5 cm³/mol. The normalized spacial score (nSPS) is 11.8. The van der Waals surface area contributed by atoms with Crippen LogP contribution in [0.25, 0.3) is 0 Å². The van der Waals surface area contributed by atoms with Crippen molar-refractivity contribution in [2.75, 3.05) is 6.54 Å². The van der Waals surface area contributed by atoms with Crippen molar-refractivity contribution in [1.29, 1.82) is 0 Å². The second kappa shape index (κ2) is 5.54. The number of aryl methyl sites for hydroxylation is 2. The number of phenols is 1. The first-order valence-electron chi connectivity index (χ1n) is 6.39. The van der Waals surface area contributed by atoms with Crippen LogP contribution in [0, 0.1) is 6.92 Å². The molecule has 0 atom stereocenters. The summed E-state index contributed by atoms with van der Waals surface area (Å²) in [5.41, 5.74) is 9.02. The van der Waals surface area contributed by atoms with E-state index in [9.17, 15) is 5.11 Å². The van der Waals surface area contributed by atoms with Gasteiger partial charge in [-0.25, -0.2) is 0 Å². The molecule has 1 rings (SSSR count). The quantitative estimate of drug-likeness (QED) is 0.787. The van der Waals surface area contributed by atoms with Crippen LogP contribution in [0.4, 0.5) is 0 Å². The maximum absolute atomic E-state index is 10.1. The highest BCUT2D eigenvalue weighted by Gasteiger charge is 2.19. The zero-order valence-corrected chi connectivity index (χ0v) is 11.5.